The molecule has 0 aliphatic carbocycles. The number of benzene rings is 2. The Kier molecular flexibility index (Phi) is 2.65. The first-order chi connectivity index (χ1) is 8.84. The molecule has 0 saturated heterocycles. The van der Waals surface area contributed by atoms with Crippen molar-refractivity contribution in [1.82, 2.24) is 4.98 Å². The van der Waals surface area contributed by atoms with E-state index in [1.165, 1.54) is 18.5 Å². The van der Waals surface area contributed by atoms with Gasteiger partial charge in [0.2, 0.25) is 0 Å². The van der Waals surface area contributed by atoms with Crippen LogP contribution >= 0.6 is 0 Å². The maximum Gasteiger partial charge on any atom is 0.182 e. The minimum atomic E-state index is -0.261. The van der Waals surface area contributed by atoms with Crippen LogP contribution in [-0.2, 0) is 0 Å². The molecule has 0 radical (unpaired) electrons. The van der Waals surface area contributed by atoms with Gasteiger partial charge in [-0.25, -0.2) is 9.37 Å². The van der Waals surface area contributed by atoms with Gasteiger partial charge in [-0.15, -0.1) is 0 Å². The Labute approximate surface area is 104 Å². The Morgan fingerprint density at radius 2 is 1.56 bits per heavy atom. The monoisotopic (exact) mass is 239 g/mol. The van der Waals surface area contributed by atoms with Crippen LogP contribution in [0, 0.1) is 5.82 Å². The molecule has 0 N–H and O–H groups in total. The summed E-state index contributed by atoms with van der Waals surface area (Å²) in [7, 11) is 0. The van der Waals surface area contributed by atoms with Crippen LogP contribution in [0.2, 0.25) is 0 Å². The molecule has 3 rings (SSSR count). The zero-order valence-corrected chi connectivity index (χ0v) is 9.51. The van der Waals surface area contributed by atoms with E-state index in [0.29, 0.717) is 5.76 Å². The summed E-state index contributed by atoms with van der Waals surface area (Å²) >= 11 is 0. The molecule has 2 nitrogen and oxygen atoms in total. The largest absolute Gasteiger partial charge is 0.443 e. The molecule has 3 aromatic rings. The summed E-state index contributed by atoms with van der Waals surface area (Å²) in [6, 6.07) is 15.9. The third-order valence-corrected chi connectivity index (χ3v) is 2.72. The lowest BCUT2D eigenvalue weighted by atomic mass is 10.1. The second kappa shape index (κ2) is 4.45. The highest BCUT2D eigenvalue weighted by atomic mass is 19.1. The number of oxazole rings is 1. The van der Waals surface area contributed by atoms with Crippen molar-refractivity contribution >= 4 is 0 Å². The molecule has 18 heavy (non-hydrogen) atoms. The average molecular weight is 239 g/mol. The third-order valence-electron chi connectivity index (χ3n) is 2.72. The van der Waals surface area contributed by atoms with E-state index in [-0.39, 0.29) is 5.82 Å². The van der Waals surface area contributed by atoms with Crippen LogP contribution in [0.1, 0.15) is 0 Å². The lowest BCUT2D eigenvalue weighted by molar-refractivity contribution is 0.572. The number of nitrogens with zero attached hydrogens (tertiary/aromatic N) is 1. The standard InChI is InChI=1S/C15H10FNO/c16-13-8-6-11(7-9-13)14-15(18-10-17-14)12-4-2-1-3-5-12/h1-10H. The van der Waals surface area contributed by atoms with Crippen molar-refractivity contribution in [2.75, 3.05) is 0 Å². The van der Waals surface area contributed by atoms with Gasteiger partial charge in [-0.1, -0.05) is 30.3 Å². The smallest absolute Gasteiger partial charge is 0.182 e. The van der Waals surface area contributed by atoms with Gasteiger partial charge >= 0.3 is 0 Å². The molecule has 0 atom stereocenters. The van der Waals surface area contributed by atoms with Gasteiger partial charge in [0.25, 0.3) is 0 Å². The Hall–Kier alpha value is -2.42. The van der Waals surface area contributed by atoms with Gasteiger partial charge in [0, 0.05) is 11.1 Å². The molecule has 0 unspecified atom stereocenters. The van der Waals surface area contributed by atoms with Crippen LogP contribution in [0.3, 0.4) is 0 Å². The molecule has 1 aromatic heterocycles. The molecule has 0 amide bonds. The zero-order chi connectivity index (χ0) is 12.4. The molecule has 3 heteroatoms. The highest BCUT2D eigenvalue weighted by Gasteiger charge is 2.12. The summed E-state index contributed by atoms with van der Waals surface area (Å²) in [5.74, 6) is 0.436. The summed E-state index contributed by atoms with van der Waals surface area (Å²) < 4.78 is 18.3. The maximum atomic E-state index is 12.9. The summed E-state index contributed by atoms with van der Waals surface area (Å²) in [5, 5.41) is 0. The summed E-state index contributed by atoms with van der Waals surface area (Å²) in [5.41, 5.74) is 2.51. The molecule has 0 aliphatic rings. The van der Waals surface area contributed by atoms with Gasteiger partial charge in [0.1, 0.15) is 11.5 Å². The molecule has 0 spiro atoms. The van der Waals surface area contributed by atoms with Crippen LogP contribution in [0.15, 0.2) is 65.4 Å². The van der Waals surface area contributed by atoms with Crippen LogP contribution in [0.5, 0.6) is 0 Å². The topological polar surface area (TPSA) is 26.0 Å². The molecule has 0 bridgehead atoms. The van der Waals surface area contributed by atoms with Crippen LogP contribution in [0.4, 0.5) is 4.39 Å². The highest BCUT2D eigenvalue weighted by Crippen LogP contribution is 2.30. The number of halogens is 1. The molecule has 2 aromatic carbocycles. The van der Waals surface area contributed by atoms with E-state index >= 15 is 0 Å². The summed E-state index contributed by atoms with van der Waals surface area (Å²) in [4.78, 5) is 4.20. The number of hydrogen-bond donors (Lipinski definition) is 0. The minimum Gasteiger partial charge on any atom is -0.443 e. The van der Waals surface area contributed by atoms with Crippen molar-refractivity contribution in [3.05, 3.63) is 66.8 Å². The van der Waals surface area contributed by atoms with E-state index < -0.39 is 0 Å². The zero-order valence-electron chi connectivity index (χ0n) is 9.51. The third kappa shape index (κ3) is 1.91. The minimum absolute atomic E-state index is 0.261. The van der Waals surface area contributed by atoms with Gasteiger partial charge in [-0.2, -0.15) is 0 Å². The van der Waals surface area contributed by atoms with Crippen molar-refractivity contribution in [3.63, 3.8) is 0 Å². The second-order valence-electron chi connectivity index (χ2n) is 3.90. The van der Waals surface area contributed by atoms with Gasteiger partial charge in [0.05, 0.1) is 0 Å². The number of hydrogen-bond acceptors (Lipinski definition) is 2. The van der Waals surface area contributed by atoms with E-state index in [2.05, 4.69) is 4.98 Å². The Morgan fingerprint density at radius 3 is 2.28 bits per heavy atom. The molecule has 88 valence electrons. The normalized spacial score (nSPS) is 10.5. The van der Waals surface area contributed by atoms with Crippen molar-refractivity contribution < 1.29 is 8.81 Å². The fraction of sp³-hybridized carbons (Fsp3) is 0. The SMILES string of the molecule is Fc1ccc(-c2ncoc2-c2ccccc2)cc1. The number of aromatic nitrogens is 1. The summed E-state index contributed by atoms with van der Waals surface area (Å²) in [6.07, 6.45) is 1.40. The van der Waals surface area contributed by atoms with E-state index in [1.54, 1.807) is 12.1 Å². The first-order valence-electron chi connectivity index (χ1n) is 5.59. The highest BCUT2D eigenvalue weighted by molar-refractivity contribution is 5.76. The summed E-state index contributed by atoms with van der Waals surface area (Å²) in [6.45, 7) is 0. The van der Waals surface area contributed by atoms with Crippen molar-refractivity contribution in [1.29, 1.82) is 0 Å². The average Bonchev–Trinajstić information content (AvgIpc) is 2.90. The fourth-order valence-electron chi connectivity index (χ4n) is 1.85. The van der Waals surface area contributed by atoms with Gasteiger partial charge in [-0.05, 0) is 24.3 Å². The molecule has 0 saturated carbocycles. The Balaban J connectivity index is 2.10. The fourth-order valence-corrected chi connectivity index (χ4v) is 1.85. The van der Waals surface area contributed by atoms with E-state index in [9.17, 15) is 4.39 Å². The second-order valence-corrected chi connectivity index (χ2v) is 3.90. The first-order valence-corrected chi connectivity index (χ1v) is 5.59. The number of rotatable bonds is 2. The van der Waals surface area contributed by atoms with Crippen molar-refractivity contribution in [3.8, 4) is 22.6 Å². The van der Waals surface area contributed by atoms with E-state index in [4.69, 9.17) is 4.42 Å². The Morgan fingerprint density at radius 1 is 0.833 bits per heavy atom. The van der Waals surface area contributed by atoms with Crippen LogP contribution in [0.25, 0.3) is 22.6 Å². The lowest BCUT2D eigenvalue weighted by Gasteiger charge is -2.01. The maximum absolute atomic E-state index is 12.9. The molecular weight excluding hydrogens is 229 g/mol. The Bertz CT molecular complexity index is 644. The van der Waals surface area contributed by atoms with E-state index in [0.717, 1.165) is 16.8 Å². The van der Waals surface area contributed by atoms with Crippen LogP contribution < -0.4 is 0 Å². The molecule has 0 fully saturated rings. The van der Waals surface area contributed by atoms with E-state index in [1.807, 2.05) is 30.3 Å². The van der Waals surface area contributed by atoms with Crippen LogP contribution in [-0.4, -0.2) is 4.98 Å². The molecular formula is C15H10FNO. The van der Waals surface area contributed by atoms with Crippen molar-refractivity contribution in [2.45, 2.75) is 0 Å². The first kappa shape index (κ1) is 10.7. The quantitative estimate of drug-likeness (QED) is 0.671. The van der Waals surface area contributed by atoms with Gasteiger partial charge in [-0.3, -0.25) is 0 Å². The lowest BCUT2D eigenvalue weighted by Crippen LogP contribution is -1.83. The predicted octanol–water partition coefficient (Wildman–Crippen LogP) is 4.15. The van der Waals surface area contributed by atoms with Gasteiger partial charge < -0.3 is 4.42 Å². The molecule has 0 aliphatic heterocycles. The van der Waals surface area contributed by atoms with Crippen molar-refractivity contribution in [2.24, 2.45) is 0 Å². The molecule has 1 heterocycles. The van der Waals surface area contributed by atoms with Gasteiger partial charge in [0.15, 0.2) is 12.2 Å². The predicted molar refractivity (Wildman–Crippen MR) is 67.3 cm³/mol.